The lowest BCUT2D eigenvalue weighted by Crippen LogP contribution is -2.31. The van der Waals surface area contributed by atoms with Gasteiger partial charge in [-0.15, -0.1) is 11.3 Å². The maximum atomic E-state index is 13.0. The lowest BCUT2D eigenvalue weighted by molar-refractivity contribution is 0.439. The topological polar surface area (TPSA) is 64.7 Å². The molecule has 1 aliphatic heterocycles. The average Bonchev–Trinajstić information content (AvgIpc) is 3.25. The number of rotatable bonds is 4. The lowest BCUT2D eigenvalue weighted by Gasteiger charge is -2.22. The molecule has 1 atom stereocenters. The highest BCUT2D eigenvalue weighted by atomic mass is 32.1. The Bertz CT molecular complexity index is 847. The molecule has 124 valence electrons. The van der Waals surface area contributed by atoms with Crippen molar-refractivity contribution in [3.63, 3.8) is 0 Å². The van der Waals surface area contributed by atoms with Crippen LogP contribution in [0.5, 0.6) is 0 Å². The molecule has 0 amide bonds. The Morgan fingerprint density at radius 1 is 1.29 bits per heavy atom. The molecular weight excluding hydrogens is 322 g/mol. The predicted octanol–water partition coefficient (Wildman–Crippen LogP) is 2.01. The molecule has 4 rings (SSSR count). The number of thiazole rings is 1. The molecule has 0 spiro atoms. The standard InChI is InChI=1S/C17H19N5OS/c23-17-21(12-15-19-9-10-24-15)20-16(13-5-4-8-18-11-13)22(17)14-6-2-1-3-7-14/h1-3,6-7,9-10,13,18H,4-5,8,11-12H2. The highest BCUT2D eigenvalue weighted by molar-refractivity contribution is 7.09. The van der Waals surface area contributed by atoms with Gasteiger partial charge < -0.3 is 5.32 Å². The van der Waals surface area contributed by atoms with E-state index in [1.807, 2.05) is 35.7 Å². The Balaban J connectivity index is 1.79. The van der Waals surface area contributed by atoms with Crippen molar-refractivity contribution in [1.29, 1.82) is 0 Å². The molecule has 0 radical (unpaired) electrons. The molecule has 1 aliphatic rings. The molecule has 0 bridgehead atoms. The normalized spacial score (nSPS) is 17.9. The second kappa shape index (κ2) is 6.70. The monoisotopic (exact) mass is 341 g/mol. The second-order valence-corrected chi connectivity index (χ2v) is 6.92. The van der Waals surface area contributed by atoms with Crippen LogP contribution in [0.25, 0.3) is 5.69 Å². The molecule has 1 fully saturated rings. The summed E-state index contributed by atoms with van der Waals surface area (Å²) in [6.07, 6.45) is 3.91. The summed E-state index contributed by atoms with van der Waals surface area (Å²) in [5.41, 5.74) is 0.769. The number of aromatic nitrogens is 4. The Morgan fingerprint density at radius 3 is 2.88 bits per heavy atom. The van der Waals surface area contributed by atoms with E-state index in [-0.39, 0.29) is 11.6 Å². The molecule has 1 saturated heterocycles. The maximum Gasteiger partial charge on any atom is 0.350 e. The van der Waals surface area contributed by atoms with Crippen LogP contribution in [0, 0.1) is 0 Å². The van der Waals surface area contributed by atoms with Crippen LogP contribution >= 0.6 is 11.3 Å². The van der Waals surface area contributed by atoms with E-state index >= 15 is 0 Å². The molecule has 3 aromatic rings. The number of nitrogens with zero attached hydrogens (tertiary/aromatic N) is 4. The molecule has 2 aromatic heterocycles. The van der Waals surface area contributed by atoms with Crippen LogP contribution < -0.4 is 11.0 Å². The van der Waals surface area contributed by atoms with E-state index < -0.39 is 0 Å². The zero-order valence-electron chi connectivity index (χ0n) is 13.3. The maximum absolute atomic E-state index is 13.0. The average molecular weight is 341 g/mol. The first-order valence-electron chi connectivity index (χ1n) is 8.17. The van der Waals surface area contributed by atoms with Crippen molar-refractivity contribution in [2.45, 2.75) is 25.3 Å². The van der Waals surface area contributed by atoms with Gasteiger partial charge in [-0.2, -0.15) is 5.10 Å². The fourth-order valence-corrected chi connectivity index (χ4v) is 3.74. The molecular formula is C17H19N5OS. The number of hydrogen-bond donors (Lipinski definition) is 1. The van der Waals surface area contributed by atoms with Crippen molar-refractivity contribution in [2.24, 2.45) is 0 Å². The van der Waals surface area contributed by atoms with Crippen LogP contribution in [0.3, 0.4) is 0 Å². The lowest BCUT2D eigenvalue weighted by atomic mass is 9.99. The minimum atomic E-state index is -0.100. The zero-order valence-corrected chi connectivity index (χ0v) is 14.1. The number of benzene rings is 1. The molecule has 7 heteroatoms. The van der Waals surface area contributed by atoms with Crippen LogP contribution in [0.2, 0.25) is 0 Å². The van der Waals surface area contributed by atoms with Gasteiger partial charge in [-0.3, -0.25) is 0 Å². The minimum absolute atomic E-state index is 0.100. The van der Waals surface area contributed by atoms with E-state index in [1.54, 1.807) is 22.1 Å². The first-order valence-corrected chi connectivity index (χ1v) is 9.05. The van der Waals surface area contributed by atoms with E-state index in [0.29, 0.717) is 6.54 Å². The van der Waals surface area contributed by atoms with Gasteiger partial charge in [0.25, 0.3) is 0 Å². The number of piperidine rings is 1. The highest BCUT2D eigenvalue weighted by Gasteiger charge is 2.25. The summed E-state index contributed by atoms with van der Waals surface area (Å²) in [7, 11) is 0. The number of nitrogens with one attached hydrogen (secondary N) is 1. The van der Waals surface area contributed by atoms with Gasteiger partial charge >= 0.3 is 5.69 Å². The van der Waals surface area contributed by atoms with Gasteiger partial charge in [0.2, 0.25) is 0 Å². The summed E-state index contributed by atoms with van der Waals surface area (Å²) in [4.78, 5) is 17.3. The van der Waals surface area contributed by atoms with Crippen LogP contribution in [0.15, 0.2) is 46.7 Å². The van der Waals surface area contributed by atoms with Crippen LogP contribution in [0.1, 0.15) is 29.6 Å². The third-order valence-corrected chi connectivity index (χ3v) is 5.07. The largest absolute Gasteiger partial charge is 0.350 e. The Hall–Kier alpha value is -2.25. The third kappa shape index (κ3) is 2.92. The summed E-state index contributed by atoms with van der Waals surface area (Å²) >= 11 is 1.54. The van der Waals surface area contributed by atoms with Crippen molar-refractivity contribution >= 4 is 11.3 Å². The molecule has 0 saturated carbocycles. The van der Waals surface area contributed by atoms with Crippen molar-refractivity contribution in [2.75, 3.05) is 13.1 Å². The summed E-state index contributed by atoms with van der Waals surface area (Å²) in [5.74, 6) is 1.10. The van der Waals surface area contributed by atoms with E-state index in [9.17, 15) is 4.79 Å². The van der Waals surface area contributed by atoms with Gasteiger partial charge in [-0.05, 0) is 31.5 Å². The third-order valence-electron chi connectivity index (χ3n) is 4.31. The van der Waals surface area contributed by atoms with E-state index in [2.05, 4.69) is 15.4 Å². The predicted molar refractivity (Wildman–Crippen MR) is 93.9 cm³/mol. The first-order chi connectivity index (χ1) is 11.8. The van der Waals surface area contributed by atoms with Crippen LogP contribution in [0.4, 0.5) is 0 Å². The molecule has 1 N–H and O–H groups in total. The second-order valence-electron chi connectivity index (χ2n) is 5.94. The fraction of sp³-hybridized carbons (Fsp3) is 0.353. The van der Waals surface area contributed by atoms with Crippen molar-refractivity contribution < 1.29 is 0 Å². The summed E-state index contributed by atoms with van der Waals surface area (Å²) in [5, 5.41) is 10.9. The van der Waals surface area contributed by atoms with Gasteiger partial charge in [-0.25, -0.2) is 19.0 Å². The highest BCUT2D eigenvalue weighted by Crippen LogP contribution is 2.23. The quantitative estimate of drug-likeness (QED) is 0.788. The Morgan fingerprint density at radius 2 is 2.17 bits per heavy atom. The Labute approximate surface area is 143 Å². The summed E-state index contributed by atoms with van der Waals surface area (Å²) in [6.45, 7) is 2.32. The molecule has 1 unspecified atom stereocenters. The van der Waals surface area contributed by atoms with Gasteiger partial charge in [0.05, 0.1) is 12.2 Å². The minimum Gasteiger partial charge on any atom is -0.316 e. The smallest absolute Gasteiger partial charge is 0.316 e. The SMILES string of the molecule is O=c1n(Cc2nccs2)nc(C2CCCNC2)n1-c1ccccc1. The number of para-hydroxylation sites is 1. The summed E-state index contributed by atoms with van der Waals surface area (Å²) in [6, 6.07) is 9.76. The van der Waals surface area contributed by atoms with Gasteiger partial charge in [0.1, 0.15) is 10.8 Å². The molecule has 24 heavy (non-hydrogen) atoms. The van der Waals surface area contributed by atoms with Gasteiger partial charge in [-0.1, -0.05) is 18.2 Å². The van der Waals surface area contributed by atoms with Crippen LogP contribution in [-0.2, 0) is 6.54 Å². The molecule has 6 nitrogen and oxygen atoms in total. The Kier molecular flexibility index (Phi) is 4.27. The van der Waals surface area contributed by atoms with Crippen molar-refractivity contribution in [3.05, 3.63) is 63.2 Å². The van der Waals surface area contributed by atoms with Crippen molar-refractivity contribution in [3.8, 4) is 5.69 Å². The van der Waals surface area contributed by atoms with E-state index in [0.717, 1.165) is 42.5 Å². The summed E-state index contributed by atoms with van der Waals surface area (Å²) < 4.78 is 3.29. The van der Waals surface area contributed by atoms with E-state index in [4.69, 9.17) is 0 Å². The van der Waals surface area contributed by atoms with Crippen molar-refractivity contribution in [1.82, 2.24) is 24.6 Å². The fourth-order valence-electron chi connectivity index (χ4n) is 3.14. The first kappa shape index (κ1) is 15.3. The van der Waals surface area contributed by atoms with Crippen LogP contribution in [-0.4, -0.2) is 32.4 Å². The van der Waals surface area contributed by atoms with Gasteiger partial charge in [0.15, 0.2) is 0 Å². The molecule has 3 heterocycles. The molecule has 0 aliphatic carbocycles. The molecule has 1 aromatic carbocycles. The van der Waals surface area contributed by atoms with Gasteiger partial charge in [0, 0.05) is 24.0 Å². The number of hydrogen-bond acceptors (Lipinski definition) is 5. The zero-order chi connectivity index (χ0) is 16.4. The van der Waals surface area contributed by atoms with E-state index in [1.165, 1.54) is 4.68 Å².